The van der Waals surface area contributed by atoms with Crippen LogP contribution in [0.2, 0.25) is 0 Å². The Balaban J connectivity index is 1.65. The molecule has 2 N–H and O–H groups in total. The van der Waals surface area contributed by atoms with Gasteiger partial charge in [-0.1, -0.05) is 31.4 Å². The van der Waals surface area contributed by atoms with E-state index in [2.05, 4.69) is 11.0 Å². The highest BCUT2D eigenvalue weighted by Gasteiger charge is 2.30. The number of primary amides is 1. The molecule has 1 aliphatic carbocycles. The van der Waals surface area contributed by atoms with E-state index in [1.54, 1.807) is 6.07 Å². The number of hydrogen-bond acceptors (Lipinski definition) is 3. The van der Waals surface area contributed by atoms with Gasteiger partial charge in [0.15, 0.2) is 0 Å². The van der Waals surface area contributed by atoms with Crippen LogP contribution in [-0.2, 0) is 11.3 Å². The van der Waals surface area contributed by atoms with Crippen molar-refractivity contribution in [2.75, 3.05) is 26.3 Å². The average Bonchev–Trinajstić information content (AvgIpc) is 2.63. The Bertz CT molecular complexity index is 499. The minimum absolute atomic E-state index is 0.358. The standard InChI is InChI=1S/C17H24N2O2/c18-17(20)15-6-1-3-13(9-15)10-19-7-8-21-12-16(11-19)14-4-2-5-14/h1,3,6,9,14,16H,2,4-5,7-8,10-12H2,(H2,18,20). The van der Waals surface area contributed by atoms with Crippen LogP contribution >= 0.6 is 0 Å². The lowest BCUT2D eigenvalue weighted by molar-refractivity contribution is 0.0769. The van der Waals surface area contributed by atoms with E-state index < -0.39 is 0 Å². The topological polar surface area (TPSA) is 55.6 Å². The van der Waals surface area contributed by atoms with Gasteiger partial charge in [0.05, 0.1) is 13.2 Å². The third-order valence-corrected chi connectivity index (χ3v) is 4.81. The van der Waals surface area contributed by atoms with Crippen LogP contribution in [0.5, 0.6) is 0 Å². The predicted octanol–water partition coefficient (Wildman–Crippen LogP) is 2.03. The Morgan fingerprint density at radius 2 is 2.19 bits per heavy atom. The van der Waals surface area contributed by atoms with Crippen molar-refractivity contribution in [3.63, 3.8) is 0 Å². The van der Waals surface area contributed by atoms with Gasteiger partial charge in [0.1, 0.15) is 0 Å². The summed E-state index contributed by atoms with van der Waals surface area (Å²) in [5.41, 5.74) is 7.10. The molecule has 2 fully saturated rings. The molecule has 3 rings (SSSR count). The Hall–Kier alpha value is -1.39. The molecule has 1 atom stereocenters. The van der Waals surface area contributed by atoms with Gasteiger partial charge in [-0.3, -0.25) is 9.69 Å². The van der Waals surface area contributed by atoms with E-state index in [1.165, 1.54) is 19.3 Å². The second-order valence-electron chi connectivity index (χ2n) is 6.33. The Labute approximate surface area is 126 Å². The normalized spacial score (nSPS) is 24.3. The number of carbonyl (C=O) groups excluding carboxylic acids is 1. The number of benzene rings is 1. The number of rotatable bonds is 4. The SMILES string of the molecule is NC(=O)c1cccc(CN2CCOCC(C3CCC3)C2)c1. The van der Waals surface area contributed by atoms with Crippen molar-refractivity contribution in [1.29, 1.82) is 0 Å². The summed E-state index contributed by atoms with van der Waals surface area (Å²) in [4.78, 5) is 13.7. The fourth-order valence-electron chi connectivity index (χ4n) is 3.33. The van der Waals surface area contributed by atoms with Crippen molar-refractivity contribution in [3.8, 4) is 0 Å². The lowest BCUT2D eigenvalue weighted by Crippen LogP contribution is -2.35. The molecule has 0 spiro atoms. The molecule has 1 saturated carbocycles. The molecule has 2 aliphatic rings. The summed E-state index contributed by atoms with van der Waals surface area (Å²) in [6, 6.07) is 7.66. The van der Waals surface area contributed by atoms with Gasteiger partial charge in [0.25, 0.3) is 0 Å². The summed E-state index contributed by atoms with van der Waals surface area (Å²) < 4.78 is 5.78. The molecule has 1 heterocycles. The summed E-state index contributed by atoms with van der Waals surface area (Å²) in [6.45, 7) is 4.64. The molecule has 1 amide bonds. The highest BCUT2D eigenvalue weighted by atomic mass is 16.5. The first-order chi connectivity index (χ1) is 10.2. The van der Waals surface area contributed by atoms with Crippen LogP contribution in [0.4, 0.5) is 0 Å². The van der Waals surface area contributed by atoms with Crippen molar-refractivity contribution in [3.05, 3.63) is 35.4 Å². The highest BCUT2D eigenvalue weighted by Crippen LogP contribution is 2.34. The van der Waals surface area contributed by atoms with E-state index in [0.29, 0.717) is 11.5 Å². The van der Waals surface area contributed by atoms with E-state index in [0.717, 1.165) is 44.3 Å². The number of ether oxygens (including phenoxy) is 1. The van der Waals surface area contributed by atoms with Gasteiger partial charge in [0, 0.05) is 25.2 Å². The lowest BCUT2D eigenvalue weighted by Gasteiger charge is -2.35. The average molecular weight is 288 g/mol. The largest absolute Gasteiger partial charge is 0.380 e. The third-order valence-electron chi connectivity index (χ3n) is 4.81. The molecule has 0 aromatic heterocycles. The van der Waals surface area contributed by atoms with Gasteiger partial charge in [-0.05, 0) is 29.5 Å². The molecular weight excluding hydrogens is 264 g/mol. The van der Waals surface area contributed by atoms with E-state index >= 15 is 0 Å². The number of carbonyl (C=O) groups is 1. The minimum atomic E-state index is -0.358. The van der Waals surface area contributed by atoms with Crippen LogP contribution < -0.4 is 5.73 Å². The van der Waals surface area contributed by atoms with Gasteiger partial charge in [-0.15, -0.1) is 0 Å². The molecule has 1 aromatic carbocycles. The van der Waals surface area contributed by atoms with E-state index in [-0.39, 0.29) is 5.91 Å². The molecule has 0 radical (unpaired) electrons. The summed E-state index contributed by atoms with van der Waals surface area (Å²) in [6.07, 6.45) is 4.10. The van der Waals surface area contributed by atoms with Crippen molar-refractivity contribution >= 4 is 5.91 Å². The van der Waals surface area contributed by atoms with E-state index in [9.17, 15) is 4.79 Å². The molecule has 1 aromatic rings. The molecular formula is C17H24N2O2. The smallest absolute Gasteiger partial charge is 0.248 e. The Kier molecular flexibility index (Phi) is 4.56. The number of nitrogens with two attached hydrogens (primary N) is 1. The van der Waals surface area contributed by atoms with Gasteiger partial charge in [-0.2, -0.15) is 0 Å². The van der Waals surface area contributed by atoms with Gasteiger partial charge < -0.3 is 10.5 Å². The predicted molar refractivity (Wildman–Crippen MR) is 81.9 cm³/mol. The monoisotopic (exact) mass is 288 g/mol. The highest BCUT2D eigenvalue weighted by molar-refractivity contribution is 5.92. The first kappa shape index (κ1) is 14.5. The third kappa shape index (κ3) is 3.63. The van der Waals surface area contributed by atoms with Crippen molar-refractivity contribution in [2.45, 2.75) is 25.8 Å². The van der Waals surface area contributed by atoms with Crippen LogP contribution in [0.1, 0.15) is 35.2 Å². The molecule has 21 heavy (non-hydrogen) atoms. The van der Waals surface area contributed by atoms with Crippen molar-refractivity contribution < 1.29 is 9.53 Å². The zero-order valence-electron chi connectivity index (χ0n) is 12.5. The second kappa shape index (κ2) is 6.58. The van der Waals surface area contributed by atoms with E-state index in [4.69, 9.17) is 10.5 Å². The van der Waals surface area contributed by atoms with E-state index in [1.807, 2.05) is 12.1 Å². The molecule has 1 unspecified atom stereocenters. The minimum Gasteiger partial charge on any atom is -0.380 e. The van der Waals surface area contributed by atoms with Crippen LogP contribution in [0.15, 0.2) is 24.3 Å². The molecule has 1 aliphatic heterocycles. The molecule has 4 heteroatoms. The Morgan fingerprint density at radius 1 is 1.33 bits per heavy atom. The van der Waals surface area contributed by atoms with Crippen LogP contribution in [0.25, 0.3) is 0 Å². The summed E-state index contributed by atoms with van der Waals surface area (Å²) in [5, 5.41) is 0. The Morgan fingerprint density at radius 3 is 2.90 bits per heavy atom. The summed E-state index contributed by atoms with van der Waals surface area (Å²) in [7, 11) is 0. The first-order valence-electron chi connectivity index (χ1n) is 7.91. The maximum atomic E-state index is 11.3. The lowest BCUT2D eigenvalue weighted by atomic mass is 9.76. The zero-order valence-corrected chi connectivity index (χ0v) is 12.5. The van der Waals surface area contributed by atoms with Crippen LogP contribution in [0, 0.1) is 11.8 Å². The van der Waals surface area contributed by atoms with Crippen LogP contribution in [0.3, 0.4) is 0 Å². The maximum absolute atomic E-state index is 11.3. The summed E-state index contributed by atoms with van der Waals surface area (Å²) in [5.74, 6) is 1.16. The van der Waals surface area contributed by atoms with Crippen molar-refractivity contribution in [2.24, 2.45) is 17.6 Å². The first-order valence-corrected chi connectivity index (χ1v) is 7.91. The van der Waals surface area contributed by atoms with Gasteiger partial charge in [-0.25, -0.2) is 0 Å². The fourth-order valence-corrected chi connectivity index (χ4v) is 3.33. The quantitative estimate of drug-likeness (QED) is 0.922. The fraction of sp³-hybridized carbons (Fsp3) is 0.588. The second-order valence-corrected chi connectivity index (χ2v) is 6.33. The zero-order chi connectivity index (χ0) is 14.7. The van der Waals surface area contributed by atoms with Gasteiger partial charge >= 0.3 is 0 Å². The molecule has 1 saturated heterocycles. The maximum Gasteiger partial charge on any atom is 0.248 e. The molecule has 114 valence electrons. The van der Waals surface area contributed by atoms with Gasteiger partial charge in [0.2, 0.25) is 5.91 Å². The summed E-state index contributed by atoms with van der Waals surface area (Å²) >= 11 is 0. The number of nitrogens with zero attached hydrogens (tertiary/aromatic N) is 1. The van der Waals surface area contributed by atoms with Crippen molar-refractivity contribution in [1.82, 2.24) is 4.90 Å². The molecule has 4 nitrogen and oxygen atoms in total. The van der Waals surface area contributed by atoms with Crippen LogP contribution in [-0.4, -0.2) is 37.1 Å². The molecule has 0 bridgehead atoms. The number of amides is 1. The number of hydrogen-bond donors (Lipinski definition) is 1.